The van der Waals surface area contributed by atoms with E-state index >= 15 is 0 Å². The number of benzene rings is 3. The molecule has 4 heteroatoms. The second kappa shape index (κ2) is 15.1. The Balaban J connectivity index is 1.97. The quantitative estimate of drug-likeness (QED) is 0.200. The largest absolute Gasteiger partial charge is 0.333 e. The van der Waals surface area contributed by atoms with Crippen LogP contribution in [0.4, 0.5) is 0 Å². The van der Waals surface area contributed by atoms with Crippen LogP contribution in [0.1, 0.15) is 174 Å². The highest BCUT2D eigenvalue weighted by molar-refractivity contribution is 7.41. The number of hydrogen-bond acceptors (Lipinski definition) is 3. The van der Waals surface area contributed by atoms with Gasteiger partial charge in [0, 0.05) is 0 Å². The van der Waals surface area contributed by atoms with Gasteiger partial charge in [-0.15, -0.1) is 0 Å². The Morgan fingerprint density at radius 2 is 0.646 bits per heavy atom. The lowest BCUT2D eigenvalue weighted by atomic mass is 9.79. The van der Waals surface area contributed by atoms with Crippen molar-refractivity contribution < 1.29 is 13.6 Å². The summed E-state index contributed by atoms with van der Waals surface area (Å²) in [5, 5.41) is 0. The van der Waals surface area contributed by atoms with Gasteiger partial charge in [-0.05, 0) is 83.1 Å². The molecule has 0 radical (unpaired) electrons. The molecule has 3 nitrogen and oxygen atoms in total. The summed E-state index contributed by atoms with van der Waals surface area (Å²) in [4.78, 5) is 0. The van der Waals surface area contributed by atoms with E-state index in [1.807, 2.05) is 0 Å². The molecule has 48 heavy (non-hydrogen) atoms. The first-order valence-electron chi connectivity index (χ1n) is 17.9. The van der Waals surface area contributed by atoms with E-state index in [9.17, 15) is 0 Å². The molecule has 0 N–H and O–H groups in total. The molecule has 0 saturated heterocycles. The van der Waals surface area contributed by atoms with Crippen molar-refractivity contribution in [2.24, 2.45) is 0 Å². The van der Waals surface area contributed by atoms with Crippen LogP contribution in [0.15, 0.2) is 54.6 Å². The van der Waals surface area contributed by atoms with Crippen LogP contribution in [0.3, 0.4) is 0 Å². The Labute approximate surface area is 296 Å². The molecule has 3 aromatic carbocycles. The molecule has 0 aliphatic carbocycles. The van der Waals surface area contributed by atoms with Gasteiger partial charge in [0.05, 0.1) is 19.8 Å². The van der Waals surface area contributed by atoms with Gasteiger partial charge in [0.2, 0.25) is 0 Å². The fourth-order valence-corrected chi connectivity index (χ4v) is 6.33. The Hall–Kier alpha value is -2.03. The van der Waals surface area contributed by atoms with Crippen LogP contribution in [0, 0.1) is 0 Å². The molecule has 3 rings (SSSR count). The van der Waals surface area contributed by atoms with Crippen molar-refractivity contribution in [1.82, 2.24) is 0 Å². The minimum atomic E-state index is -1.65. The lowest BCUT2D eigenvalue weighted by Gasteiger charge is -2.27. The zero-order valence-electron chi connectivity index (χ0n) is 33.6. The van der Waals surface area contributed by atoms with E-state index in [2.05, 4.69) is 172 Å². The summed E-state index contributed by atoms with van der Waals surface area (Å²) in [5.74, 6) is 0.430. The van der Waals surface area contributed by atoms with Gasteiger partial charge in [0.1, 0.15) is 0 Å². The van der Waals surface area contributed by atoms with Crippen molar-refractivity contribution in [2.45, 2.75) is 171 Å². The lowest BCUT2D eigenvalue weighted by Crippen LogP contribution is -2.17. The van der Waals surface area contributed by atoms with Gasteiger partial charge >= 0.3 is 8.60 Å². The molecule has 0 fully saturated rings. The molecule has 0 heterocycles. The first-order valence-corrected chi connectivity index (χ1v) is 19.0. The van der Waals surface area contributed by atoms with Crippen molar-refractivity contribution >= 4 is 8.60 Å². The average Bonchev–Trinajstić information content (AvgIpc) is 2.94. The number of rotatable bonds is 10. The van der Waals surface area contributed by atoms with E-state index in [1.165, 1.54) is 33.4 Å². The van der Waals surface area contributed by atoms with E-state index in [0.717, 1.165) is 16.7 Å². The maximum atomic E-state index is 6.60. The summed E-state index contributed by atoms with van der Waals surface area (Å²) >= 11 is 0. The molecule has 0 aromatic heterocycles. The molecule has 0 unspecified atom stereocenters. The minimum Gasteiger partial charge on any atom is -0.307 e. The van der Waals surface area contributed by atoms with Gasteiger partial charge in [0.25, 0.3) is 0 Å². The molecule has 0 amide bonds. The van der Waals surface area contributed by atoms with Crippen molar-refractivity contribution in [3.8, 4) is 0 Å². The van der Waals surface area contributed by atoms with Gasteiger partial charge in [-0.1, -0.05) is 172 Å². The molecule has 0 saturated carbocycles. The first kappa shape index (κ1) is 40.4. The summed E-state index contributed by atoms with van der Waals surface area (Å²) in [7, 11) is -1.65. The van der Waals surface area contributed by atoms with Gasteiger partial charge < -0.3 is 13.6 Å². The summed E-state index contributed by atoms with van der Waals surface area (Å²) in [6.45, 7) is 39.8. The molecular weight excluding hydrogens is 607 g/mol. The maximum Gasteiger partial charge on any atom is 0.333 e. The highest BCUT2D eigenvalue weighted by Gasteiger charge is 2.24. The molecule has 266 valence electrons. The third-order valence-corrected chi connectivity index (χ3v) is 10.0. The summed E-state index contributed by atoms with van der Waals surface area (Å²) in [6, 6.07) is 20.7. The normalized spacial score (nSPS) is 13.6. The Bertz CT molecular complexity index is 1370. The highest BCUT2D eigenvalue weighted by Crippen LogP contribution is 2.44. The van der Waals surface area contributed by atoms with Crippen molar-refractivity contribution in [3.05, 3.63) is 105 Å². The first-order chi connectivity index (χ1) is 21.7. The van der Waals surface area contributed by atoms with Crippen LogP contribution in [0.25, 0.3) is 0 Å². The number of hydrogen-bond donors (Lipinski definition) is 0. The molecule has 0 aliphatic heterocycles. The van der Waals surface area contributed by atoms with E-state index < -0.39 is 8.60 Å². The smallest absolute Gasteiger partial charge is 0.307 e. The molecule has 0 bridgehead atoms. The fraction of sp³-hybridized carbons (Fsp3) is 0.591. The second-order valence-electron chi connectivity index (χ2n) is 19.2. The Morgan fingerprint density at radius 3 is 0.896 bits per heavy atom. The van der Waals surface area contributed by atoms with Crippen molar-refractivity contribution in [3.63, 3.8) is 0 Å². The van der Waals surface area contributed by atoms with Crippen LogP contribution in [0.2, 0.25) is 0 Å². The summed E-state index contributed by atoms with van der Waals surface area (Å²) < 4.78 is 19.8. The summed E-state index contributed by atoms with van der Waals surface area (Å²) in [6.07, 6.45) is 0. The van der Waals surface area contributed by atoms with Gasteiger partial charge in [-0.25, -0.2) is 0 Å². The molecule has 0 spiro atoms. The highest BCUT2D eigenvalue weighted by atomic mass is 31.2. The maximum absolute atomic E-state index is 6.60. The monoisotopic (exact) mass is 674 g/mol. The molecule has 3 aromatic rings. The third-order valence-electron chi connectivity index (χ3n) is 9.01. The Kier molecular flexibility index (Phi) is 12.7. The fourth-order valence-electron chi connectivity index (χ4n) is 5.34. The lowest BCUT2D eigenvalue weighted by molar-refractivity contribution is 0.144. The predicted octanol–water partition coefficient (Wildman–Crippen LogP) is 13.5. The van der Waals surface area contributed by atoms with Crippen molar-refractivity contribution in [2.75, 3.05) is 0 Å². The minimum absolute atomic E-state index is 0.0305. The van der Waals surface area contributed by atoms with Crippen LogP contribution in [-0.2, 0) is 60.5 Å². The average molecular weight is 675 g/mol. The van der Waals surface area contributed by atoms with Gasteiger partial charge in [-0.2, -0.15) is 0 Å². The zero-order chi connectivity index (χ0) is 36.5. The Morgan fingerprint density at radius 1 is 0.396 bits per heavy atom. The van der Waals surface area contributed by atoms with E-state index in [4.69, 9.17) is 13.6 Å². The molecule has 0 atom stereocenters. The van der Waals surface area contributed by atoms with Crippen LogP contribution >= 0.6 is 8.60 Å². The van der Waals surface area contributed by atoms with Crippen molar-refractivity contribution in [1.29, 1.82) is 0 Å². The second-order valence-corrected chi connectivity index (χ2v) is 20.5. The molecule has 0 aliphatic rings. The van der Waals surface area contributed by atoms with E-state index in [0.29, 0.717) is 25.7 Å². The topological polar surface area (TPSA) is 27.7 Å². The summed E-state index contributed by atoms with van der Waals surface area (Å²) in [5.41, 5.74) is 11.5. The SMILES string of the molecule is CC(C)c1cc(COP(OCc2cc(C(C)(C)C)cc(C(C)(C)C)c2)OCc2cc(C(C)(C)C)cc(C(C)(C)C)c2)cc(C(C)(C)C)c1. The zero-order valence-corrected chi connectivity index (χ0v) is 34.5. The van der Waals surface area contributed by atoms with Gasteiger partial charge in [-0.3, -0.25) is 0 Å². The van der Waals surface area contributed by atoms with E-state index in [1.54, 1.807) is 0 Å². The molecular formula is C44H67O3P. The standard InChI is InChI=1S/C44H67O3P/c1-30(2)34-18-31(19-35(24-34)40(3,4)5)27-45-48(46-28-32-20-36(41(6,7)8)25-37(21-32)42(9,10)11)47-29-33-22-38(43(12,13)14)26-39(23-33)44(15,16)17/h18-26,30H,27-29H2,1-17H3. The van der Waals surface area contributed by atoms with E-state index in [-0.39, 0.29) is 27.1 Å². The van der Waals surface area contributed by atoms with Gasteiger partial charge in [0.15, 0.2) is 0 Å². The van der Waals surface area contributed by atoms with Crippen LogP contribution < -0.4 is 0 Å². The van der Waals surface area contributed by atoms with Crippen LogP contribution in [0.5, 0.6) is 0 Å². The third kappa shape index (κ3) is 11.8. The van der Waals surface area contributed by atoms with Crippen LogP contribution in [-0.4, -0.2) is 0 Å². The predicted molar refractivity (Wildman–Crippen MR) is 208 cm³/mol.